The molecule has 1 aromatic heterocycles. The Morgan fingerprint density at radius 1 is 1.40 bits per heavy atom. The molecule has 0 atom stereocenters. The number of hydrogen-bond acceptors (Lipinski definition) is 2. The Balaban J connectivity index is 2.29. The summed E-state index contributed by atoms with van der Waals surface area (Å²) in [4.78, 5) is 2.14. The molecule has 0 saturated heterocycles. The molecule has 0 amide bonds. The van der Waals surface area contributed by atoms with Crippen molar-refractivity contribution in [3.05, 3.63) is 29.7 Å². The van der Waals surface area contributed by atoms with Gasteiger partial charge in [0, 0.05) is 0 Å². The second-order valence-corrected chi connectivity index (χ2v) is 5.51. The van der Waals surface area contributed by atoms with Crippen LogP contribution in [0.1, 0.15) is 5.69 Å². The van der Waals surface area contributed by atoms with Gasteiger partial charge >= 0.3 is 94.4 Å². The standard InChI is InChI=1S/C11H13FN2Se/c1-14(2)6-5-10-9-4-3-8(12)7-11(9)15-13-10/h3-4,7H,5-6H2,1-2H3. The summed E-state index contributed by atoms with van der Waals surface area (Å²) in [5, 5.41) is 1.15. The third kappa shape index (κ3) is 2.46. The number of aromatic nitrogens is 1. The molecule has 0 aliphatic carbocycles. The molecule has 0 aliphatic heterocycles. The van der Waals surface area contributed by atoms with Crippen LogP contribution in [0.3, 0.4) is 0 Å². The van der Waals surface area contributed by atoms with Gasteiger partial charge in [-0.2, -0.15) is 0 Å². The molecule has 80 valence electrons. The molecule has 4 heteroatoms. The summed E-state index contributed by atoms with van der Waals surface area (Å²) in [5.41, 5.74) is 1.14. The fraction of sp³-hybridized carbons (Fsp3) is 0.364. The van der Waals surface area contributed by atoms with Crippen LogP contribution in [0.4, 0.5) is 4.39 Å². The Kier molecular flexibility index (Phi) is 3.19. The molecule has 15 heavy (non-hydrogen) atoms. The van der Waals surface area contributed by atoms with E-state index in [1.54, 1.807) is 6.07 Å². The second-order valence-electron chi connectivity index (χ2n) is 3.82. The van der Waals surface area contributed by atoms with Gasteiger partial charge < -0.3 is 0 Å². The zero-order chi connectivity index (χ0) is 10.8. The molecule has 0 unspecified atom stereocenters. The molecule has 0 saturated carbocycles. The van der Waals surface area contributed by atoms with E-state index in [-0.39, 0.29) is 20.5 Å². The third-order valence-corrected chi connectivity index (χ3v) is 4.08. The predicted molar refractivity (Wildman–Crippen MR) is 60.9 cm³/mol. The maximum atomic E-state index is 13.0. The van der Waals surface area contributed by atoms with Crippen molar-refractivity contribution < 1.29 is 4.39 Å². The van der Waals surface area contributed by atoms with Gasteiger partial charge in [-0.25, -0.2) is 0 Å². The molecule has 0 aliphatic rings. The van der Waals surface area contributed by atoms with Crippen LogP contribution < -0.4 is 0 Å². The predicted octanol–water partition coefficient (Wildman–Crippen LogP) is 1.53. The van der Waals surface area contributed by atoms with Crippen LogP contribution in [0.25, 0.3) is 9.65 Å². The zero-order valence-corrected chi connectivity index (χ0v) is 10.5. The summed E-state index contributed by atoms with van der Waals surface area (Å²) in [6.45, 7) is 0.992. The van der Waals surface area contributed by atoms with Crippen LogP contribution in [-0.2, 0) is 6.42 Å². The van der Waals surface area contributed by atoms with Crippen LogP contribution in [0.2, 0.25) is 0 Å². The van der Waals surface area contributed by atoms with Crippen molar-refractivity contribution in [2.75, 3.05) is 20.6 Å². The van der Waals surface area contributed by atoms with E-state index in [1.807, 2.05) is 20.2 Å². The molecule has 0 N–H and O–H groups in total. The minimum atomic E-state index is -0.153. The Bertz CT molecular complexity index is 465. The summed E-state index contributed by atoms with van der Waals surface area (Å²) in [6.07, 6.45) is 0.952. The van der Waals surface area contributed by atoms with Crippen molar-refractivity contribution in [1.29, 1.82) is 0 Å². The molecule has 0 radical (unpaired) electrons. The molecular weight excluding hydrogens is 258 g/mol. The first-order valence-corrected chi connectivity index (χ1v) is 6.47. The first-order chi connectivity index (χ1) is 7.16. The van der Waals surface area contributed by atoms with E-state index in [9.17, 15) is 4.39 Å². The van der Waals surface area contributed by atoms with E-state index in [0.717, 1.165) is 28.3 Å². The first kappa shape index (κ1) is 10.8. The molecule has 2 rings (SSSR count). The average molecular weight is 271 g/mol. The van der Waals surface area contributed by atoms with E-state index in [4.69, 9.17) is 0 Å². The second kappa shape index (κ2) is 4.43. The Morgan fingerprint density at radius 2 is 2.20 bits per heavy atom. The monoisotopic (exact) mass is 272 g/mol. The number of hydrogen-bond donors (Lipinski definition) is 0. The fourth-order valence-corrected chi connectivity index (χ4v) is 3.25. The Labute approximate surface area is 94.7 Å². The number of halogens is 1. The molecular formula is C11H13FN2Se. The van der Waals surface area contributed by atoms with Crippen molar-refractivity contribution in [1.82, 2.24) is 8.88 Å². The number of nitrogens with zero attached hydrogens (tertiary/aromatic N) is 2. The van der Waals surface area contributed by atoms with Crippen LogP contribution in [-0.4, -0.2) is 44.3 Å². The molecule has 1 heterocycles. The number of benzene rings is 1. The van der Waals surface area contributed by atoms with Gasteiger partial charge in [0.25, 0.3) is 0 Å². The molecule has 2 nitrogen and oxygen atoms in total. The third-order valence-electron chi connectivity index (χ3n) is 2.30. The van der Waals surface area contributed by atoms with E-state index in [2.05, 4.69) is 8.88 Å². The summed E-state index contributed by atoms with van der Waals surface area (Å²) in [6, 6.07) is 4.99. The normalized spacial score (nSPS) is 11.5. The minimum absolute atomic E-state index is 0.0824. The number of likely N-dealkylation sites (N-methyl/N-ethyl adjacent to an activating group) is 1. The van der Waals surface area contributed by atoms with E-state index in [1.165, 1.54) is 6.07 Å². The van der Waals surface area contributed by atoms with Gasteiger partial charge in [0.15, 0.2) is 0 Å². The van der Waals surface area contributed by atoms with Gasteiger partial charge in [0.2, 0.25) is 0 Å². The van der Waals surface area contributed by atoms with Crippen LogP contribution in [0.5, 0.6) is 0 Å². The molecule has 1 aromatic carbocycles. The molecule has 2 aromatic rings. The van der Waals surface area contributed by atoms with Gasteiger partial charge in [-0.1, -0.05) is 0 Å². The Morgan fingerprint density at radius 3 is 2.93 bits per heavy atom. The van der Waals surface area contributed by atoms with Gasteiger partial charge in [-0.3, -0.25) is 0 Å². The van der Waals surface area contributed by atoms with Gasteiger partial charge in [0.1, 0.15) is 0 Å². The van der Waals surface area contributed by atoms with Gasteiger partial charge in [-0.05, 0) is 0 Å². The Hall–Kier alpha value is -0.701. The first-order valence-electron chi connectivity index (χ1n) is 4.85. The molecule has 0 bridgehead atoms. The van der Waals surface area contributed by atoms with Crippen LogP contribution in [0.15, 0.2) is 18.2 Å². The molecule has 0 spiro atoms. The van der Waals surface area contributed by atoms with Crippen molar-refractivity contribution >= 4 is 24.4 Å². The van der Waals surface area contributed by atoms with Crippen molar-refractivity contribution in [2.24, 2.45) is 0 Å². The van der Waals surface area contributed by atoms with Gasteiger partial charge in [0.05, 0.1) is 0 Å². The van der Waals surface area contributed by atoms with E-state index in [0.29, 0.717) is 0 Å². The van der Waals surface area contributed by atoms with Crippen molar-refractivity contribution in [3.63, 3.8) is 0 Å². The van der Waals surface area contributed by atoms with Crippen molar-refractivity contribution in [3.8, 4) is 0 Å². The zero-order valence-electron chi connectivity index (χ0n) is 8.83. The summed E-state index contributed by atoms with van der Waals surface area (Å²) in [5.74, 6) is -0.153. The summed E-state index contributed by atoms with van der Waals surface area (Å²) >= 11 is 0.0824. The maximum absolute atomic E-state index is 13.0. The quantitative estimate of drug-likeness (QED) is 0.787. The van der Waals surface area contributed by atoms with E-state index < -0.39 is 0 Å². The van der Waals surface area contributed by atoms with Crippen molar-refractivity contribution in [2.45, 2.75) is 6.42 Å². The van der Waals surface area contributed by atoms with Crippen LogP contribution in [0, 0.1) is 5.82 Å². The average Bonchev–Trinajstić information content (AvgIpc) is 2.57. The number of rotatable bonds is 3. The number of fused-ring (bicyclic) bond motifs is 1. The van der Waals surface area contributed by atoms with Gasteiger partial charge in [-0.15, -0.1) is 0 Å². The topological polar surface area (TPSA) is 16.1 Å². The van der Waals surface area contributed by atoms with E-state index >= 15 is 0 Å². The van der Waals surface area contributed by atoms with Crippen LogP contribution >= 0.6 is 0 Å². The summed E-state index contributed by atoms with van der Waals surface area (Å²) in [7, 11) is 4.10. The fourth-order valence-electron chi connectivity index (χ4n) is 1.47. The molecule has 0 fully saturated rings. The SMILES string of the molecule is CN(C)CCc1n[se]c2cc(F)ccc12. The summed E-state index contributed by atoms with van der Waals surface area (Å²) < 4.78 is 18.5.